The van der Waals surface area contributed by atoms with Gasteiger partial charge in [-0.25, -0.2) is 0 Å². The summed E-state index contributed by atoms with van der Waals surface area (Å²) in [6.45, 7) is 10.1. The summed E-state index contributed by atoms with van der Waals surface area (Å²) in [7, 11) is 0. The molecule has 0 saturated heterocycles. The van der Waals surface area contributed by atoms with Crippen LogP contribution in [0.25, 0.3) is 0 Å². The highest BCUT2D eigenvalue weighted by Gasteiger charge is 2.30. The Hall–Kier alpha value is -1.29. The standard InChI is InChI=1S/C13H22N2O2/c1-8(2)13(5,7-14)15-12(16)11-9(3)6-10(4)17-11/h6,8H,7,14H2,1-5H3,(H,15,16). The number of hydrogen-bond donors (Lipinski definition) is 2. The highest BCUT2D eigenvalue weighted by Crippen LogP contribution is 2.18. The van der Waals surface area contributed by atoms with Gasteiger partial charge in [0.15, 0.2) is 5.76 Å². The molecule has 0 aliphatic carbocycles. The summed E-state index contributed by atoms with van der Waals surface area (Å²) in [6.07, 6.45) is 0. The molecular formula is C13H22N2O2. The van der Waals surface area contributed by atoms with E-state index in [4.69, 9.17) is 10.2 Å². The van der Waals surface area contributed by atoms with Gasteiger partial charge in [-0.3, -0.25) is 4.79 Å². The predicted molar refractivity (Wildman–Crippen MR) is 67.9 cm³/mol. The lowest BCUT2D eigenvalue weighted by atomic mass is 9.88. The van der Waals surface area contributed by atoms with E-state index in [2.05, 4.69) is 5.32 Å². The first kappa shape index (κ1) is 13.8. The summed E-state index contributed by atoms with van der Waals surface area (Å²) >= 11 is 0. The van der Waals surface area contributed by atoms with Gasteiger partial charge in [-0.15, -0.1) is 0 Å². The van der Waals surface area contributed by atoms with Crippen molar-refractivity contribution in [2.45, 2.75) is 40.2 Å². The number of nitrogens with one attached hydrogen (secondary N) is 1. The van der Waals surface area contributed by atoms with Crippen LogP contribution in [-0.2, 0) is 0 Å². The summed E-state index contributed by atoms with van der Waals surface area (Å²) in [5, 5.41) is 2.96. The fraction of sp³-hybridized carbons (Fsp3) is 0.615. The number of carbonyl (C=O) groups excluding carboxylic acids is 1. The van der Waals surface area contributed by atoms with Gasteiger partial charge < -0.3 is 15.5 Å². The van der Waals surface area contributed by atoms with Crippen molar-refractivity contribution in [3.8, 4) is 0 Å². The van der Waals surface area contributed by atoms with Crippen molar-refractivity contribution >= 4 is 5.91 Å². The number of hydrogen-bond acceptors (Lipinski definition) is 3. The summed E-state index contributed by atoms with van der Waals surface area (Å²) in [5.74, 6) is 1.18. The Balaban J connectivity index is 2.89. The van der Waals surface area contributed by atoms with Gasteiger partial charge in [0.2, 0.25) is 0 Å². The van der Waals surface area contributed by atoms with Crippen molar-refractivity contribution < 1.29 is 9.21 Å². The smallest absolute Gasteiger partial charge is 0.287 e. The molecule has 0 aliphatic heterocycles. The fourth-order valence-corrected chi connectivity index (χ4v) is 1.61. The number of furan rings is 1. The molecule has 96 valence electrons. The molecule has 0 bridgehead atoms. The van der Waals surface area contributed by atoms with Gasteiger partial charge in [-0.05, 0) is 32.8 Å². The van der Waals surface area contributed by atoms with Gasteiger partial charge in [0.05, 0.1) is 5.54 Å². The Kier molecular flexibility index (Phi) is 3.98. The van der Waals surface area contributed by atoms with Crippen molar-refractivity contribution in [1.29, 1.82) is 0 Å². The first-order valence-electron chi connectivity index (χ1n) is 5.89. The lowest BCUT2D eigenvalue weighted by Crippen LogP contribution is -2.55. The number of nitrogens with two attached hydrogens (primary N) is 1. The Morgan fingerprint density at radius 3 is 2.47 bits per heavy atom. The number of rotatable bonds is 4. The topological polar surface area (TPSA) is 68.3 Å². The molecule has 4 nitrogen and oxygen atoms in total. The molecule has 0 radical (unpaired) electrons. The van der Waals surface area contributed by atoms with E-state index in [0.29, 0.717) is 12.3 Å². The molecule has 0 aromatic carbocycles. The second-order valence-electron chi connectivity index (χ2n) is 5.10. The molecule has 0 aliphatic rings. The molecule has 1 unspecified atom stereocenters. The second kappa shape index (κ2) is 4.92. The van der Waals surface area contributed by atoms with Crippen LogP contribution in [0.3, 0.4) is 0 Å². The average molecular weight is 238 g/mol. The van der Waals surface area contributed by atoms with Crippen LogP contribution in [0.5, 0.6) is 0 Å². The van der Waals surface area contributed by atoms with E-state index in [9.17, 15) is 4.79 Å². The van der Waals surface area contributed by atoms with Crippen LogP contribution in [0.4, 0.5) is 0 Å². The fourth-order valence-electron chi connectivity index (χ4n) is 1.61. The third kappa shape index (κ3) is 2.88. The largest absolute Gasteiger partial charge is 0.456 e. The molecule has 0 fully saturated rings. The summed E-state index contributed by atoms with van der Waals surface area (Å²) in [4.78, 5) is 12.1. The first-order valence-corrected chi connectivity index (χ1v) is 5.89. The van der Waals surface area contributed by atoms with E-state index < -0.39 is 5.54 Å². The quantitative estimate of drug-likeness (QED) is 0.843. The zero-order valence-electron chi connectivity index (χ0n) is 11.3. The normalized spacial score (nSPS) is 14.8. The van der Waals surface area contributed by atoms with Gasteiger partial charge in [0, 0.05) is 12.1 Å². The van der Waals surface area contributed by atoms with Crippen LogP contribution < -0.4 is 11.1 Å². The molecular weight excluding hydrogens is 216 g/mol. The molecule has 1 atom stereocenters. The van der Waals surface area contributed by atoms with Crippen molar-refractivity contribution in [2.75, 3.05) is 6.54 Å². The molecule has 0 spiro atoms. The molecule has 1 heterocycles. The van der Waals surface area contributed by atoms with Crippen LogP contribution in [-0.4, -0.2) is 18.0 Å². The summed E-state index contributed by atoms with van der Waals surface area (Å²) < 4.78 is 5.39. The maximum atomic E-state index is 12.1. The minimum Gasteiger partial charge on any atom is -0.456 e. The Morgan fingerprint density at radius 1 is 1.53 bits per heavy atom. The average Bonchev–Trinajstić information content (AvgIpc) is 2.57. The monoisotopic (exact) mass is 238 g/mol. The third-order valence-corrected chi connectivity index (χ3v) is 3.34. The maximum absolute atomic E-state index is 12.1. The number of aryl methyl sites for hydroxylation is 2. The van der Waals surface area contributed by atoms with Gasteiger partial charge >= 0.3 is 0 Å². The van der Waals surface area contributed by atoms with Crippen LogP contribution in [0, 0.1) is 19.8 Å². The van der Waals surface area contributed by atoms with E-state index in [1.165, 1.54) is 0 Å². The maximum Gasteiger partial charge on any atom is 0.287 e. The lowest BCUT2D eigenvalue weighted by Gasteiger charge is -2.33. The molecule has 17 heavy (non-hydrogen) atoms. The molecule has 1 rings (SSSR count). The number of amides is 1. The Labute approximate surface area is 103 Å². The van der Waals surface area contributed by atoms with Gasteiger partial charge in [-0.1, -0.05) is 13.8 Å². The summed E-state index contributed by atoms with van der Waals surface area (Å²) in [5.41, 5.74) is 6.17. The predicted octanol–water partition coefficient (Wildman–Crippen LogP) is 2.00. The Bertz CT molecular complexity index is 410. The van der Waals surface area contributed by atoms with Gasteiger partial charge in [-0.2, -0.15) is 0 Å². The highest BCUT2D eigenvalue weighted by atomic mass is 16.3. The first-order chi connectivity index (χ1) is 7.80. The third-order valence-electron chi connectivity index (χ3n) is 3.34. The highest BCUT2D eigenvalue weighted by molar-refractivity contribution is 5.93. The van der Waals surface area contributed by atoms with Crippen molar-refractivity contribution in [3.63, 3.8) is 0 Å². The lowest BCUT2D eigenvalue weighted by molar-refractivity contribution is 0.0852. The van der Waals surface area contributed by atoms with Crippen molar-refractivity contribution in [1.82, 2.24) is 5.32 Å². The second-order valence-corrected chi connectivity index (χ2v) is 5.10. The van der Waals surface area contributed by atoms with Gasteiger partial charge in [0.1, 0.15) is 5.76 Å². The molecule has 1 aromatic rings. The van der Waals surface area contributed by atoms with Crippen LogP contribution in [0.15, 0.2) is 10.5 Å². The Morgan fingerprint density at radius 2 is 2.12 bits per heavy atom. The van der Waals surface area contributed by atoms with Crippen LogP contribution in [0.1, 0.15) is 42.6 Å². The van der Waals surface area contributed by atoms with E-state index >= 15 is 0 Å². The minimum atomic E-state index is -0.412. The molecule has 4 heteroatoms. The van der Waals surface area contributed by atoms with Gasteiger partial charge in [0.25, 0.3) is 5.91 Å². The van der Waals surface area contributed by atoms with Crippen molar-refractivity contribution in [2.24, 2.45) is 11.7 Å². The van der Waals surface area contributed by atoms with E-state index in [0.717, 1.165) is 11.3 Å². The zero-order chi connectivity index (χ0) is 13.2. The molecule has 3 N–H and O–H groups in total. The summed E-state index contributed by atoms with van der Waals surface area (Å²) in [6, 6.07) is 1.85. The molecule has 0 saturated carbocycles. The zero-order valence-corrected chi connectivity index (χ0v) is 11.3. The number of carbonyl (C=O) groups is 1. The molecule has 1 aromatic heterocycles. The molecule has 1 amide bonds. The van der Waals surface area contributed by atoms with Crippen LogP contribution >= 0.6 is 0 Å². The van der Waals surface area contributed by atoms with Crippen molar-refractivity contribution in [3.05, 3.63) is 23.2 Å². The minimum absolute atomic E-state index is 0.197. The van der Waals surface area contributed by atoms with Crippen LogP contribution in [0.2, 0.25) is 0 Å². The van der Waals surface area contributed by atoms with E-state index in [-0.39, 0.29) is 11.8 Å². The SMILES string of the molecule is Cc1cc(C)c(C(=O)NC(C)(CN)C(C)C)o1. The van der Waals surface area contributed by atoms with E-state index in [1.807, 2.05) is 40.7 Å². The van der Waals surface area contributed by atoms with E-state index in [1.54, 1.807) is 0 Å².